The molecule has 0 amide bonds. The zero-order valence-corrected chi connectivity index (χ0v) is 23.3. The van der Waals surface area contributed by atoms with Crippen LogP contribution in [0.1, 0.15) is 36.6 Å². The van der Waals surface area contributed by atoms with E-state index in [4.69, 9.17) is 16.6 Å². The van der Waals surface area contributed by atoms with E-state index in [9.17, 15) is 13.5 Å². The van der Waals surface area contributed by atoms with Gasteiger partial charge in [0.25, 0.3) is 0 Å². The number of aryl methyl sites for hydroxylation is 1. The lowest BCUT2D eigenvalue weighted by molar-refractivity contribution is 0.351. The van der Waals surface area contributed by atoms with Crippen LogP contribution in [0.5, 0.6) is 5.75 Å². The molecule has 5 N–H and O–H groups in total. The van der Waals surface area contributed by atoms with Gasteiger partial charge in [0.1, 0.15) is 4.90 Å². The van der Waals surface area contributed by atoms with Gasteiger partial charge in [-0.1, -0.05) is 32.4 Å². The second kappa shape index (κ2) is 9.58. The monoisotopic (exact) mass is 551 g/mol. The van der Waals surface area contributed by atoms with Gasteiger partial charge in [-0.15, -0.1) is 11.3 Å². The van der Waals surface area contributed by atoms with Crippen LogP contribution >= 0.6 is 22.9 Å². The molecule has 1 aromatic carbocycles. The average Bonchev–Trinajstić information content (AvgIpc) is 3.41. The molecule has 3 aromatic rings. The highest BCUT2D eigenvalue weighted by Gasteiger charge is 2.31. The molecule has 2 aromatic heterocycles. The summed E-state index contributed by atoms with van der Waals surface area (Å²) in [7, 11) is -1.26. The number of hydrogen-bond acceptors (Lipinski definition) is 10. The van der Waals surface area contributed by atoms with Crippen molar-refractivity contribution >= 4 is 61.9 Å². The van der Waals surface area contributed by atoms with Gasteiger partial charge in [-0.2, -0.15) is 0 Å². The molecule has 1 aliphatic rings. The average molecular weight is 552 g/mol. The molecule has 0 saturated heterocycles. The van der Waals surface area contributed by atoms with Gasteiger partial charge in [0.05, 0.1) is 23.4 Å². The lowest BCUT2D eigenvalue weighted by atomic mass is 9.86. The Kier molecular flexibility index (Phi) is 6.99. The number of aromatic hydroxyl groups is 1. The fourth-order valence-electron chi connectivity index (χ4n) is 3.74. The van der Waals surface area contributed by atoms with Crippen LogP contribution < -0.4 is 21.3 Å². The molecule has 1 aliphatic heterocycles. The van der Waals surface area contributed by atoms with Crippen molar-refractivity contribution in [3.05, 3.63) is 39.0 Å². The molecule has 36 heavy (non-hydrogen) atoms. The summed E-state index contributed by atoms with van der Waals surface area (Å²) >= 11 is 7.88. The van der Waals surface area contributed by atoms with E-state index in [0.717, 1.165) is 9.18 Å². The van der Waals surface area contributed by atoms with Crippen molar-refractivity contribution in [2.75, 3.05) is 42.0 Å². The Morgan fingerprint density at radius 3 is 2.31 bits per heavy atom. The molecule has 1 atom stereocenters. The molecule has 3 heterocycles. The Labute approximate surface area is 220 Å². The molecule has 0 aliphatic carbocycles. The molecular weight excluding hydrogens is 522 g/mol. The van der Waals surface area contributed by atoms with Crippen molar-refractivity contribution < 1.29 is 13.5 Å². The first-order valence-electron chi connectivity index (χ1n) is 11.2. The maximum Gasteiger partial charge on any atom is 0.247 e. The number of halogens is 1. The molecule has 0 fully saturated rings. The molecule has 4 rings (SSSR count). The second-order valence-electron chi connectivity index (χ2n) is 9.73. The number of aromatic nitrogens is 2. The largest absolute Gasteiger partial charge is 0.504 e. The van der Waals surface area contributed by atoms with Gasteiger partial charge in [0.2, 0.25) is 10.0 Å². The third-order valence-corrected chi connectivity index (χ3v) is 9.06. The smallest absolute Gasteiger partial charge is 0.247 e. The van der Waals surface area contributed by atoms with Gasteiger partial charge >= 0.3 is 0 Å². The van der Waals surface area contributed by atoms with Crippen LogP contribution in [0.3, 0.4) is 0 Å². The van der Waals surface area contributed by atoms with Crippen molar-refractivity contribution in [1.82, 2.24) is 14.3 Å². The van der Waals surface area contributed by atoms with Crippen molar-refractivity contribution in [2.45, 2.75) is 38.6 Å². The first-order chi connectivity index (χ1) is 16.8. The second-order valence-corrected chi connectivity index (χ2v) is 13.5. The Hall–Kier alpha value is -2.80. The summed E-state index contributed by atoms with van der Waals surface area (Å²) in [4.78, 5) is 11.4. The molecule has 194 valence electrons. The quantitative estimate of drug-likeness (QED) is 0.251. The summed E-state index contributed by atoms with van der Waals surface area (Å²) in [6, 6.07) is 7.00. The van der Waals surface area contributed by atoms with Gasteiger partial charge in [-0.25, -0.2) is 22.7 Å². The van der Waals surface area contributed by atoms with E-state index < -0.39 is 15.8 Å². The number of rotatable bonds is 7. The van der Waals surface area contributed by atoms with Gasteiger partial charge < -0.3 is 26.4 Å². The van der Waals surface area contributed by atoms with E-state index in [-0.39, 0.29) is 27.1 Å². The number of nitrogens with one attached hydrogen (secondary N) is 4. The number of nitrogens with zero attached hydrogens (tertiary/aromatic N) is 3. The maximum absolute atomic E-state index is 12.8. The van der Waals surface area contributed by atoms with Crippen LogP contribution in [0.2, 0.25) is 5.02 Å². The third kappa shape index (κ3) is 5.03. The Morgan fingerprint density at radius 2 is 1.75 bits per heavy atom. The minimum absolute atomic E-state index is 0.0862. The fourth-order valence-corrected chi connectivity index (χ4v) is 6.40. The van der Waals surface area contributed by atoms with Crippen molar-refractivity contribution in [2.24, 2.45) is 5.41 Å². The molecule has 0 spiro atoms. The van der Waals surface area contributed by atoms with E-state index in [1.54, 1.807) is 11.3 Å². The first kappa shape index (κ1) is 26.3. The number of hydrogen-bond donors (Lipinski definition) is 5. The van der Waals surface area contributed by atoms with Gasteiger partial charge in [-0.3, -0.25) is 0 Å². The number of fused-ring (bicyclic) bond motifs is 1. The molecule has 0 unspecified atom stereocenters. The summed E-state index contributed by atoms with van der Waals surface area (Å²) < 4.78 is 26.6. The molecular formula is C23H30ClN7O3S2. The van der Waals surface area contributed by atoms with Gasteiger partial charge in [0.15, 0.2) is 29.0 Å². The highest BCUT2D eigenvalue weighted by molar-refractivity contribution is 7.89. The van der Waals surface area contributed by atoms with E-state index in [1.165, 1.54) is 31.1 Å². The standard InChI is InChI=1S/C23H30ClN7O3S2/c1-12-7-10-15(35-12)18(23(2,3)4)28-22-21(29-19-20(30-22)26-11-25-19)27-14-9-8-13(24)17(16(14)32)36(33,34)31(5)6/h7-10,18,32H,11H2,1-6H3,(H2,25,27,29)(H2,26,28,30)/t18-/m0/s1. The zero-order valence-electron chi connectivity index (χ0n) is 20.9. The normalized spacial score (nSPS) is 14.2. The number of sulfonamides is 1. The summed E-state index contributed by atoms with van der Waals surface area (Å²) in [6.45, 7) is 8.95. The number of anilines is 5. The van der Waals surface area contributed by atoms with Crippen LogP contribution in [-0.2, 0) is 10.0 Å². The van der Waals surface area contributed by atoms with Crippen molar-refractivity contribution in [3.8, 4) is 5.75 Å². The van der Waals surface area contributed by atoms with Crippen LogP contribution in [0, 0.1) is 12.3 Å². The number of phenols is 1. The molecule has 0 radical (unpaired) electrons. The summed E-state index contributed by atoms with van der Waals surface area (Å²) in [5.74, 6) is 1.39. The SMILES string of the molecule is Cc1ccc([C@H](Nc2nc3c(nc2Nc2ccc(Cl)c(S(=O)(=O)N(C)C)c2O)NCN3)C(C)(C)C)s1. The molecule has 13 heteroatoms. The maximum atomic E-state index is 12.8. The number of thiophene rings is 1. The minimum atomic E-state index is -4.01. The fraction of sp³-hybridized carbons (Fsp3) is 0.391. The van der Waals surface area contributed by atoms with E-state index in [1.807, 2.05) is 0 Å². The van der Waals surface area contributed by atoms with Crippen molar-refractivity contribution in [3.63, 3.8) is 0 Å². The predicted octanol–water partition coefficient (Wildman–Crippen LogP) is 5.19. The van der Waals surface area contributed by atoms with Crippen LogP contribution in [-0.4, -0.2) is 48.6 Å². The minimum Gasteiger partial charge on any atom is -0.504 e. The van der Waals surface area contributed by atoms with Gasteiger partial charge in [-0.05, 0) is 36.6 Å². The van der Waals surface area contributed by atoms with Crippen LogP contribution in [0.4, 0.5) is 29.0 Å². The molecule has 0 bridgehead atoms. The topological polar surface area (TPSA) is 132 Å². The highest BCUT2D eigenvalue weighted by atomic mass is 35.5. The zero-order chi connectivity index (χ0) is 26.4. The lowest BCUT2D eigenvalue weighted by Crippen LogP contribution is -2.26. The van der Waals surface area contributed by atoms with Crippen molar-refractivity contribution in [1.29, 1.82) is 0 Å². The molecule has 0 saturated carbocycles. The Morgan fingerprint density at radius 1 is 1.11 bits per heavy atom. The summed E-state index contributed by atoms with van der Waals surface area (Å²) in [5.41, 5.74) is -0.0431. The third-order valence-electron chi connectivity index (χ3n) is 5.68. The summed E-state index contributed by atoms with van der Waals surface area (Å²) in [5, 5.41) is 23.7. The number of phenolic OH excluding ortho intramolecular Hbond substituents is 1. The van der Waals surface area contributed by atoms with E-state index >= 15 is 0 Å². The summed E-state index contributed by atoms with van der Waals surface area (Å²) in [6.07, 6.45) is 0. The van der Waals surface area contributed by atoms with E-state index in [0.29, 0.717) is 29.9 Å². The Bertz CT molecular complexity index is 1400. The van der Waals surface area contributed by atoms with Crippen LogP contribution in [0.15, 0.2) is 29.2 Å². The predicted molar refractivity (Wildman–Crippen MR) is 146 cm³/mol. The Balaban J connectivity index is 1.80. The number of benzene rings is 1. The van der Waals surface area contributed by atoms with Crippen LogP contribution in [0.25, 0.3) is 0 Å². The lowest BCUT2D eigenvalue weighted by Gasteiger charge is -2.32. The van der Waals surface area contributed by atoms with Gasteiger partial charge in [0, 0.05) is 23.8 Å². The first-order valence-corrected chi connectivity index (χ1v) is 13.9. The van der Waals surface area contributed by atoms with E-state index in [2.05, 4.69) is 66.1 Å². The molecule has 10 nitrogen and oxygen atoms in total. The highest BCUT2D eigenvalue weighted by Crippen LogP contribution is 2.43.